The standard InChI is InChI=1S/C11H12BrN5O2/c1-8(7-16-4-2-3-14-16)15-11-10(12)5-9(6-13-11)17(18)19/h2-6,8H,7H2,1H3,(H,13,15). The molecule has 0 aliphatic carbocycles. The second-order valence-corrected chi connectivity index (χ2v) is 4.91. The van der Waals surface area contributed by atoms with Gasteiger partial charge in [-0.1, -0.05) is 0 Å². The summed E-state index contributed by atoms with van der Waals surface area (Å²) < 4.78 is 2.37. The van der Waals surface area contributed by atoms with Crippen LogP contribution in [-0.2, 0) is 6.54 Å². The van der Waals surface area contributed by atoms with Gasteiger partial charge in [0.1, 0.15) is 12.0 Å². The van der Waals surface area contributed by atoms with Gasteiger partial charge in [-0.2, -0.15) is 5.10 Å². The molecule has 2 aromatic rings. The van der Waals surface area contributed by atoms with Gasteiger partial charge < -0.3 is 5.32 Å². The van der Waals surface area contributed by atoms with Crippen LogP contribution in [0.5, 0.6) is 0 Å². The summed E-state index contributed by atoms with van der Waals surface area (Å²) >= 11 is 3.27. The van der Waals surface area contributed by atoms with E-state index in [9.17, 15) is 10.1 Å². The number of nitrogens with one attached hydrogen (secondary N) is 1. The monoisotopic (exact) mass is 325 g/mol. The average Bonchev–Trinajstić information content (AvgIpc) is 2.84. The van der Waals surface area contributed by atoms with E-state index >= 15 is 0 Å². The van der Waals surface area contributed by atoms with Crippen LogP contribution in [0.1, 0.15) is 6.92 Å². The fraction of sp³-hybridized carbons (Fsp3) is 0.273. The molecule has 100 valence electrons. The second kappa shape index (κ2) is 5.79. The minimum absolute atomic E-state index is 0.0443. The predicted octanol–water partition coefficient (Wildman–Crippen LogP) is 2.45. The summed E-state index contributed by atoms with van der Waals surface area (Å²) in [6.45, 7) is 2.66. The third-order valence-corrected chi connectivity index (χ3v) is 3.05. The first-order valence-corrected chi connectivity index (χ1v) is 6.39. The van der Waals surface area contributed by atoms with E-state index in [4.69, 9.17) is 0 Å². The third kappa shape index (κ3) is 3.50. The van der Waals surface area contributed by atoms with Crippen LogP contribution in [0.4, 0.5) is 11.5 Å². The van der Waals surface area contributed by atoms with E-state index in [2.05, 4.69) is 31.3 Å². The molecule has 0 amide bonds. The average molecular weight is 326 g/mol. The molecule has 2 heterocycles. The van der Waals surface area contributed by atoms with Crippen LogP contribution in [0.25, 0.3) is 0 Å². The molecule has 0 spiro atoms. The van der Waals surface area contributed by atoms with Gasteiger partial charge in [0.15, 0.2) is 0 Å². The molecule has 0 fully saturated rings. The fourth-order valence-corrected chi connectivity index (χ4v) is 2.05. The van der Waals surface area contributed by atoms with Crippen molar-refractivity contribution in [3.63, 3.8) is 0 Å². The van der Waals surface area contributed by atoms with Crippen LogP contribution in [-0.4, -0.2) is 25.7 Å². The molecule has 0 saturated carbocycles. The molecular formula is C11H12BrN5O2. The van der Waals surface area contributed by atoms with Crippen molar-refractivity contribution >= 4 is 27.4 Å². The smallest absolute Gasteiger partial charge is 0.288 e. The highest BCUT2D eigenvalue weighted by molar-refractivity contribution is 9.10. The van der Waals surface area contributed by atoms with Crippen LogP contribution in [0.3, 0.4) is 0 Å². The van der Waals surface area contributed by atoms with Crippen molar-refractivity contribution in [2.75, 3.05) is 5.32 Å². The SMILES string of the molecule is CC(Cn1cccn1)Nc1ncc([N+](=O)[O-])cc1Br. The molecule has 1 unspecified atom stereocenters. The second-order valence-electron chi connectivity index (χ2n) is 4.05. The lowest BCUT2D eigenvalue weighted by Crippen LogP contribution is -2.23. The van der Waals surface area contributed by atoms with Crippen molar-refractivity contribution in [2.45, 2.75) is 19.5 Å². The van der Waals surface area contributed by atoms with E-state index < -0.39 is 4.92 Å². The molecule has 1 N–H and O–H groups in total. The first kappa shape index (κ1) is 13.5. The maximum Gasteiger partial charge on any atom is 0.288 e. The van der Waals surface area contributed by atoms with Gasteiger partial charge in [-0.15, -0.1) is 0 Å². The first-order valence-electron chi connectivity index (χ1n) is 5.60. The number of rotatable bonds is 5. The fourth-order valence-electron chi connectivity index (χ4n) is 1.60. The molecule has 0 saturated heterocycles. The highest BCUT2D eigenvalue weighted by Crippen LogP contribution is 2.24. The molecule has 1 atom stereocenters. The Balaban J connectivity index is 2.04. The Morgan fingerprint density at radius 1 is 1.63 bits per heavy atom. The molecule has 0 aliphatic heterocycles. The Morgan fingerprint density at radius 3 is 3.00 bits per heavy atom. The number of nitro groups is 1. The van der Waals surface area contributed by atoms with Crippen LogP contribution in [0.2, 0.25) is 0 Å². The molecule has 2 rings (SSSR count). The molecule has 7 nitrogen and oxygen atoms in total. The van der Waals surface area contributed by atoms with E-state index in [0.29, 0.717) is 16.8 Å². The molecule has 2 aromatic heterocycles. The predicted molar refractivity (Wildman–Crippen MR) is 73.9 cm³/mol. The minimum atomic E-state index is -0.477. The van der Waals surface area contributed by atoms with Crippen LogP contribution < -0.4 is 5.32 Å². The largest absolute Gasteiger partial charge is 0.365 e. The molecule has 0 radical (unpaired) electrons. The van der Waals surface area contributed by atoms with Gasteiger partial charge >= 0.3 is 0 Å². The van der Waals surface area contributed by atoms with E-state index in [1.165, 1.54) is 12.3 Å². The van der Waals surface area contributed by atoms with Crippen molar-refractivity contribution in [1.29, 1.82) is 0 Å². The van der Waals surface area contributed by atoms with Gasteiger partial charge in [-0.05, 0) is 28.9 Å². The van der Waals surface area contributed by atoms with Gasteiger partial charge in [0.25, 0.3) is 5.69 Å². The molecule has 0 aromatic carbocycles. The quantitative estimate of drug-likeness (QED) is 0.674. The van der Waals surface area contributed by atoms with Gasteiger partial charge in [-0.25, -0.2) is 4.98 Å². The Hall–Kier alpha value is -1.96. The molecule has 8 heteroatoms. The lowest BCUT2D eigenvalue weighted by molar-refractivity contribution is -0.385. The summed E-state index contributed by atoms with van der Waals surface area (Å²) in [6.07, 6.45) is 4.82. The third-order valence-electron chi connectivity index (χ3n) is 2.44. The lowest BCUT2D eigenvalue weighted by Gasteiger charge is -2.15. The van der Waals surface area contributed by atoms with Crippen LogP contribution >= 0.6 is 15.9 Å². The summed E-state index contributed by atoms with van der Waals surface area (Å²) in [7, 11) is 0. The summed E-state index contributed by atoms with van der Waals surface area (Å²) in [5, 5.41) is 17.9. The molecule has 0 bridgehead atoms. The topological polar surface area (TPSA) is 85.9 Å². The lowest BCUT2D eigenvalue weighted by atomic mass is 10.3. The summed E-state index contributed by atoms with van der Waals surface area (Å²) in [5.74, 6) is 0.574. The normalized spacial score (nSPS) is 12.1. The van der Waals surface area contributed by atoms with Crippen LogP contribution in [0.15, 0.2) is 35.2 Å². The van der Waals surface area contributed by atoms with Crippen LogP contribution in [0, 0.1) is 10.1 Å². The van der Waals surface area contributed by atoms with E-state index in [1.807, 2.05) is 19.2 Å². The zero-order valence-electron chi connectivity index (χ0n) is 10.2. The Labute approximate surface area is 117 Å². The number of hydrogen-bond acceptors (Lipinski definition) is 5. The zero-order valence-corrected chi connectivity index (χ0v) is 11.7. The van der Waals surface area contributed by atoms with E-state index in [0.717, 1.165) is 0 Å². The molecular weight excluding hydrogens is 314 g/mol. The number of anilines is 1. The van der Waals surface area contributed by atoms with Gasteiger partial charge in [0.2, 0.25) is 0 Å². The zero-order chi connectivity index (χ0) is 13.8. The van der Waals surface area contributed by atoms with Crippen molar-refractivity contribution in [3.05, 3.63) is 45.3 Å². The Morgan fingerprint density at radius 2 is 2.42 bits per heavy atom. The number of pyridine rings is 1. The molecule has 0 aliphatic rings. The van der Waals surface area contributed by atoms with Crippen molar-refractivity contribution in [1.82, 2.24) is 14.8 Å². The Kier molecular flexibility index (Phi) is 4.10. The number of hydrogen-bond donors (Lipinski definition) is 1. The first-order chi connectivity index (χ1) is 9.06. The number of aromatic nitrogens is 3. The van der Waals surface area contributed by atoms with E-state index in [-0.39, 0.29) is 11.7 Å². The number of nitrogens with zero attached hydrogens (tertiary/aromatic N) is 4. The number of halogens is 1. The van der Waals surface area contributed by atoms with Crippen molar-refractivity contribution in [3.8, 4) is 0 Å². The highest BCUT2D eigenvalue weighted by Gasteiger charge is 2.12. The van der Waals surface area contributed by atoms with Gasteiger partial charge in [0, 0.05) is 24.5 Å². The highest BCUT2D eigenvalue weighted by atomic mass is 79.9. The summed E-state index contributed by atoms with van der Waals surface area (Å²) in [4.78, 5) is 14.2. The van der Waals surface area contributed by atoms with Gasteiger partial charge in [-0.3, -0.25) is 14.8 Å². The van der Waals surface area contributed by atoms with E-state index in [1.54, 1.807) is 10.9 Å². The van der Waals surface area contributed by atoms with Gasteiger partial charge in [0.05, 0.1) is 15.9 Å². The molecule has 19 heavy (non-hydrogen) atoms. The Bertz CT molecular complexity index is 572. The maximum absolute atomic E-state index is 10.6. The maximum atomic E-state index is 10.6. The summed E-state index contributed by atoms with van der Waals surface area (Å²) in [6, 6.07) is 3.37. The van der Waals surface area contributed by atoms with Crippen molar-refractivity contribution < 1.29 is 4.92 Å². The minimum Gasteiger partial charge on any atom is -0.365 e. The summed E-state index contributed by atoms with van der Waals surface area (Å²) in [5.41, 5.74) is -0.0443. The van der Waals surface area contributed by atoms with Crippen molar-refractivity contribution in [2.24, 2.45) is 0 Å².